The van der Waals surface area contributed by atoms with E-state index in [2.05, 4.69) is 4.98 Å². The number of benzene rings is 1. The Kier molecular flexibility index (Phi) is 1.92. The smallest absolute Gasteiger partial charge is 0.250 e. The predicted molar refractivity (Wildman–Crippen MR) is 66.7 cm³/mol. The monoisotopic (exact) mass is 225 g/mol. The van der Waals surface area contributed by atoms with E-state index < -0.39 is 5.91 Å². The average Bonchev–Trinajstić information content (AvgIpc) is 2.64. The highest BCUT2D eigenvalue weighted by Gasteiger charge is 2.10. The van der Waals surface area contributed by atoms with Crippen LogP contribution in [0, 0.1) is 0 Å². The molecular weight excluding hydrogens is 214 g/mol. The van der Waals surface area contributed by atoms with E-state index in [-0.39, 0.29) is 0 Å². The van der Waals surface area contributed by atoms with E-state index in [1.54, 1.807) is 6.07 Å². The van der Waals surface area contributed by atoms with Gasteiger partial charge in [-0.05, 0) is 12.1 Å². The second-order valence-electron chi connectivity index (χ2n) is 4.03. The van der Waals surface area contributed by atoms with Gasteiger partial charge in [-0.25, -0.2) is 0 Å². The average molecular weight is 225 g/mol. The van der Waals surface area contributed by atoms with Crippen molar-refractivity contribution in [3.63, 3.8) is 0 Å². The lowest BCUT2D eigenvalue weighted by molar-refractivity contribution is 0.1000. The van der Waals surface area contributed by atoms with Crippen molar-refractivity contribution in [2.24, 2.45) is 12.8 Å². The molecule has 2 N–H and O–H groups in total. The van der Waals surface area contributed by atoms with Gasteiger partial charge < -0.3 is 10.3 Å². The van der Waals surface area contributed by atoms with Crippen molar-refractivity contribution in [2.75, 3.05) is 0 Å². The van der Waals surface area contributed by atoms with Crippen LogP contribution in [0.2, 0.25) is 0 Å². The number of aryl methyl sites for hydroxylation is 1. The molecule has 1 amide bonds. The van der Waals surface area contributed by atoms with Crippen molar-refractivity contribution in [3.05, 3.63) is 42.1 Å². The van der Waals surface area contributed by atoms with Gasteiger partial charge in [0.1, 0.15) is 0 Å². The molecular formula is C13H11N3O. The van der Waals surface area contributed by atoms with Gasteiger partial charge >= 0.3 is 0 Å². The number of primary amides is 1. The molecule has 3 aromatic rings. The summed E-state index contributed by atoms with van der Waals surface area (Å²) in [5, 5.41) is 1.08. The fourth-order valence-corrected chi connectivity index (χ4v) is 2.15. The molecule has 0 aliphatic heterocycles. The van der Waals surface area contributed by atoms with Crippen molar-refractivity contribution >= 4 is 27.8 Å². The summed E-state index contributed by atoms with van der Waals surface area (Å²) in [5.41, 5.74) is 8.60. The molecule has 3 rings (SSSR count). The molecule has 84 valence electrons. The Morgan fingerprint density at radius 1 is 1.29 bits per heavy atom. The lowest BCUT2D eigenvalue weighted by Crippen LogP contribution is -2.11. The normalized spacial score (nSPS) is 11.1. The molecule has 0 fully saturated rings. The number of nitrogens with zero attached hydrogens (tertiary/aromatic N) is 2. The van der Waals surface area contributed by atoms with Gasteiger partial charge in [0.2, 0.25) is 5.91 Å². The summed E-state index contributed by atoms with van der Waals surface area (Å²) >= 11 is 0. The minimum absolute atomic E-state index is 0.434. The van der Waals surface area contributed by atoms with Gasteiger partial charge in [0.15, 0.2) is 0 Å². The first-order chi connectivity index (χ1) is 8.18. The number of aromatic nitrogens is 2. The van der Waals surface area contributed by atoms with Gasteiger partial charge in [0, 0.05) is 18.6 Å². The number of hydrogen-bond acceptors (Lipinski definition) is 2. The Morgan fingerprint density at radius 2 is 2.06 bits per heavy atom. The van der Waals surface area contributed by atoms with Gasteiger partial charge in [-0.15, -0.1) is 0 Å². The maximum absolute atomic E-state index is 11.1. The summed E-state index contributed by atoms with van der Waals surface area (Å²) in [5.74, 6) is -0.454. The Hall–Kier alpha value is -2.36. The first-order valence-electron chi connectivity index (χ1n) is 5.31. The van der Waals surface area contributed by atoms with Crippen LogP contribution < -0.4 is 5.73 Å². The highest BCUT2D eigenvalue weighted by atomic mass is 16.1. The van der Waals surface area contributed by atoms with Crippen LogP contribution in [0.3, 0.4) is 0 Å². The molecule has 0 unspecified atom stereocenters. The maximum Gasteiger partial charge on any atom is 0.250 e. The lowest BCUT2D eigenvalue weighted by atomic mass is 10.2. The molecule has 2 aromatic heterocycles. The predicted octanol–water partition coefficient (Wildman–Crippen LogP) is 1.83. The Balaban J connectivity index is 2.49. The van der Waals surface area contributed by atoms with E-state index >= 15 is 0 Å². The molecule has 0 aliphatic carbocycles. The number of nitrogens with two attached hydrogens (primary N) is 1. The number of carbonyl (C=O) groups is 1. The van der Waals surface area contributed by atoms with Crippen LogP contribution in [0.25, 0.3) is 21.9 Å². The summed E-state index contributed by atoms with van der Waals surface area (Å²) < 4.78 is 2.02. The third-order valence-electron chi connectivity index (χ3n) is 3.03. The fraction of sp³-hybridized carbons (Fsp3) is 0.0769. The minimum atomic E-state index is -0.454. The highest BCUT2D eigenvalue weighted by molar-refractivity contribution is 6.07. The van der Waals surface area contributed by atoms with Crippen LogP contribution in [0.5, 0.6) is 0 Å². The number of carbonyl (C=O) groups excluding carboxylic acids is 1. The molecule has 4 nitrogen and oxygen atoms in total. The van der Waals surface area contributed by atoms with Gasteiger partial charge in [-0.3, -0.25) is 9.78 Å². The summed E-state index contributed by atoms with van der Waals surface area (Å²) in [4.78, 5) is 15.5. The third kappa shape index (κ3) is 1.30. The Labute approximate surface area is 97.7 Å². The first kappa shape index (κ1) is 9.84. The van der Waals surface area contributed by atoms with Gasteiger partial charge in [-0.2, -0.15) is 0 Å². The van der Waals surface area contributed by atoms with Crippen molar-refractivity contribution in [1.29, 1.82) is 0 Å². The van der Waals surface area contributed by atoms with Crippen molar-refractivity contribution < 1.29 is 4.79 Å². The van der Waals surface area contributed by atoms with Crippen LogP contribution in [-0.2, 0) is 7.05 Å². The first-order valence-corrected chi connectivity index (χ1v) is 5.31. The summed E-state index contributed by atoms with van der Waals surface area (Å²) in [7, 11) is 1.96. The summed E-state index contributed by atoms with van der Waals surface area (Å²) in [6.45, 7) is 0. The zero-order valence-corrected chi connectivity index (χ0v) is 9.34. The second-order valence-corrected chi connectivity index (χ2v) is 4.03. The SMILES string of the molecule is Cn1c2ccccc2c2ncc(C(N)=O)cc21. The second kappa shape index (κ2) is 3.31. The lowest BCUT2D eigenvalue weighted by Gasteiger charge is -1.98. The van der Waals surface area contributed by atoms with E-state index in [0.717, 1.165) is 21.9 Å². The van der Waals surface area contributed by atoms with E-state index in [4.69, 9.17) is 5.73 Å². The molecule has 0 radical (unpaired) electrons. The Bertz CT molecular complexity index is 743. The molecule has 4 heteroatoms. The highest BCUT2D eigenvalue weighted by Crippen LogP contribution is 2.26. The summed E-state index contributed by atoms with van der Waals surface area (Å²) in [6, 6.07) is 9.79. The number of fused-ring (bicyclic) bond motifs is 3. The molecule has 0 aliphatic rings. The topological polar surface area (TPSA) is 60.9 Å². The van der Waals surface area contributed by atoms with Gasteiger partial charge in [-0.1, -0.05) is 18.2 Å². The molecule has 0 atom stereocenters. The number of hydrogen-bond donors (Lipinski definition) is 1. The number of amides is 1. The van der Waals surface area contributed by atoms with Crippen LogP contribution in [0.1, 0.15) is 10.4 Å². The molecule has 0 spiro atoms. The van der Waals surface area contributed by atoms with Crippen LogP contribution in [0.4, 0.5) is 0 Å². The van der Waals surface area contributed by atoms with Crippen LogP contribution in [-0.4, -0.2) is 15.5 Å². The quantitative estimate of drug-likeness (QED) is 0.686. The number of pyridine rings is 1. The van der Waals surface area contributed by atoms with E-state index in [1.165, 1.54) is 6.20 Å². The summed E-state index contributed by atoms with van der Waals surface area (Å²) in [6.07, 6.45) is 1.52. The standard InChI is InChI=1S/C13H11N3O/c1-16-10-5-3-2-4-9(10)12-11(16)6-8(7-15-12)13(14)17/h2-7H,1H3,(H2,14,17). The van der Waals surface area contributed by atoms with Crippen molar-refractivity contribution in [3.8, 4) is 0 Å². The molecule has 0 saturated carbocycles. The molecule has 0 bridgehead atoms. The third-order valence-corrected chi connectivity index (χ3v) is 3.03. The fourth-order valence-electron chi connectivity index (χ4n) is 2.15. The van der Waals surface area contributed by atoms with Crippen LogP contribution >= 0.6 is 0 Å². The van der Waals surface area contributed by atoms with E-state index in [9.17, 15) is 4.79 Å². The molecule has 2 heterocycles. The zero-order chi connectivity index (χ0) is 12.0. The minimum Gasteiger partial charge on any atom is -0.366 e. The molecule has 17 heavy (non-hydrogen) atoms. The largest absolute Gasteiger partial charge is 0.366 e. The maximum atomic E-state index is 11.1. The molecule has 1 aromatic carbocycles. The molecule has 0 saturated heterocycles. The van der Waals surface area contributed by atoms with Crippen LogP contribution in [0.15, 0.2) is 36.5 Å². The van der Waals surface area contributed by atoms with Gasteiger partial charge in [0.25, 0.3) is 0 Å². The Morgan fingerprint density at radius 3 is 2.82 bits per heavy atom. The van der Waals surface area contributed by atoms with Gasteiger partial charge in [0.05, 0.1) is 22.1 Å². The van der Waals surface area contributed by atoms with E-state index in [1.807, 2.05) is 35.9 Å². The van der Waals surface area contributed by atoms with Crippen molar-refractivity contribution in [2.45, 2.75) is 0 Å². The van der Waals surface area contributed by atoms with Crippen molar-refractivity contribution in [1.82, 2.24) is 9.55 Å². The zero-order valence-electron chi connectivity index (χ0n) is 9.34. The number of para-hydroxylation sites is 1. The number of rotatable bonds is 1. The van der Waals surface area contributed by atoms with E-state index in [0.29, 0.717) is 5.56 Å².